The summed E-state index contributed by atoms with van der Waals surface area (Å²) in [7, 11) is 0. The molecule has 0 saturated heterocycles. The molecule has 7 heteroatoms. The van der Waals surface area contributed by atoms with Gasteiger partial charge in [0, 0.05) is 4.88 Å². The van der Waals surface area contributed by atoms with Crippen LogP contribution in [0.15, 0.2) is 35.7 Å². The van der Waals surface area contributed by atoms with Crippen LogP contribution < -0.4 is 14.8 Å². The van der Waals surface area contributed by atoms with Crippen LogP contribution in [-0.2, 0) is 16.1 Å². The summed E-state index contributed by atoms with van der Waals surface area (Å²) < 4.78 is 16.4. The summed E-state index contributed by atoms with van der Waals surface area (Å²) in [6.07, 6.45) is 0. The van der Waals surface area contributed by atoms with E-state index in [4.69, 9.17) is 14.2 Å². The fourth-order valence-corrected chi connectivity index (χ4v) is 2.79. The lowest BCUT2D eigenvalue weighted by atomic mass is 10.2. The van der Waals surface area contributed by atoms with Crippen LogP contribution in [0, 0.1) is 5.92 Å². The summed E-state index contributed by atoms with van der Waals surface area (Å²) in [6.45, 7) is 7.04. The van der Waals surface area contributed by atoms with Crippen LogP contribution >= 0.6 is 11.3 Å². The predicted octanol–water partition coefficient (Wildman–Crippen LogP) is 3.65. The van der Waals surface area contributed by atoms with E-state index in [1.807, 2.05) is 24.4 Å². The number of nitrogens with one attached hydrogen (secondary N) is 1. The molecule has 0 bridgehead atoms. The van der Waals surface area contributed by atoms with Gasteiger partial charge in [0.1, 0.15) is 0 Å². The highest BCUT2D eigenvalue weighted by molar-refractivity contribution is 7.09. The summed E-state index contributed by atoms with van der Waals surface area (Å²) in [6, 6.07) is 8.70. The maximum atomic E-state index is 12.2. The lowest BCUT2D eigenvalue weighted by Gasteiger charge is -2.14. The standard InChI is InChI=1S/C20H25NO5S/c1-4-24-18-10-15(7-8-17(18)25-12-14(2)3)20(23)26-13-19(22)21-11-16-6-5-9-27-16/h5-10,14H,4,11-13H2,1-3H3,(H,21,22). The molecule has 0 aliphatic rings. The maximum Gasteiger partial charge on any atom is 0.338 e. The third kappa shape index (κ3) is 6.94. The van der Waals surface area contributed by atoms with Crippen molar-refractivity contribution >= 4 is 23.2 Å². The second kappa shape index (κ2) is 10.6. The zero-order chi connectivity index (χ0) is 19.6. The zero-order valence-electron chi connectivity index (χ0n) is 15.8. The number of esters is 1. The number of carbonyl (C=O) groups excluding carboxylic acids is 2. The van der Waals surface area contributed by atoms with E-state index < -0.39 is 5.97 Å². The monoisotopic (exact) mass is 391 g/mol. The van der Waals surface area contributed by atoms with Gasteiger partial charge in [-0.15, -0.1) is 11.3 Å². The summed E-state index contributed by atoms with van der Waals surface area (Å²) in [5.41, 5.74) is 0.307. The molecule has 0 aliphatic carbocycles. The van der Waals surface area contributed by atoms with E-state index in [2.05, 4.69) is 19.2 Å². The van der Waals surface area contributed by atoms with Gasteiger partial charge in [-0.2, -0.15) is 0 Å². The van der Waals surface area contributed by atoms with Gasteiger partial charge in [-0.05, 0) is 42.5 Å². The first-order valence-electron chi connectivity index (χ1n) is 8.85. The molecule has 2 rings (SSSR count). The van der Waals surface area contributed by atoms with Crippen molar-refractivity contribution in [3.63, 3.8) is 0 Å². The second-order valence-corrected chi connectivity index (χ2v) is 7.26. The number of ether oxygens (including phenoxy) is 3. The molecule has 0 fully saturated rings. The molecule has 2 aromatic rings. The van der Waals surface area contributed by atoms with E-state index in [0.29, 0.717) is 42.7 Å². The molecule has 0 radical (unpaired) electrons. The highest BCUT2D eigenvalue weighted by Crippen LogP contribution is 2.29. The van der Waals surface area contributed by atoms with Crippen molar-refractivity contribution < 1.29 is 23.8 Å². The first kappa shape index (κ1) is 20.8. The molecule has 0 spiro atoms. The topological polar surface area (TPSA) is 73.9 Å². The van der Waals surface area contributed by atoms with E-state index in [-0.39, 0.29) is 12.5 Å². The second-order valence-electron chi connectivity index (χ2n) is 6.23. The summed E-state index contributed by atoms with van der Waals surface area (Å²) in [5, 5.41) is 4.65. The third-order valence-electron chi connectivity index (χ3n) is 3.43. The van der Waals surface area contributed by atoms with E-state index in [9.17, 15) is 9.59 Å². The molecular formula is C20H25NO5S. The maximum absolute atomic E-state index is 12.2. The SMILES string of the molecule is CCOc1cc(C(=O)OCC(=O)NCc2cccs2)ccc1OCC(C)C. The molecule has 1 heterocycles. The van der Waals surface area contributed by atoms with E-state index >= 15 is 0 Å². The number of carbonyl (C=O) groups is 2. The molecule has 1 aromatic carbocycles. The summed E-state index contributed by atoms with van der Waals surface area (Å²) >= 11 is 1.55. The van der Waals surface area contributed by atoms with Gasteiger partial charge >= 0.3 is 5.97 Å². The van der Waals surface area contributed by atoms with Crippen molar-refractivity contribution in [1.29, 1.82) is 0 Å². The lowest BCUT2D eigenvalue weighted by Crippen LogP contribution is -2.28. The van der Waals surface area contributed by atoms with Gasteiger partial charge in [-0.3, -0.25) is 4.79 Å². The Morgan fingerprint density at radius 1 is 1.15 bits per heavy atom. The van der Waals surface area contributed by atoms with Crippen LogP contribution in [0.5, 0.6) is 11.5 Å². The number of amides is 1. The predicted molar refractivity (Wildman–Crippen MR) is 104 cm³/mol. The largest absolute Gasteiger partial charge is 0.490 e. The van der Waals surface area contributed by atoms with Crippen molar-refractivity contribution in [1.82, 2.24) is 5.32 Å². The van der Waals surface area contributed by atoms with Crippen LogP contribution in [0.2, 0.25) is 0 Å². The normalized spacial score (nSPS) is 10.5. The van der Waals surface area contributed by atoms with Gasteiger partial charge in [0.2, 0.25) is 0 Å². The third-order valence-corrected chi connectivity index (χ3v) is 4.30. The number of rotatable bonds is 10. The zero-order valence-corrected chi connectivity index (χ0v) is 16.6. The Balaban J connectivity index is 1.90. The van der Waals surface area contributed by atoms with E-state index in [1.165, 1.54) is 0 Å². The van der Waals surface area contributed by atoms with Gasteiger partial charge in [-0.1, -0.05) is 19.9 Å². The first-order chi connectivity index (χ1) is 13.0. The molecular weight excluding hydrogens is 366 g/mol. The van der Waals surface area contributed by atoms with Crippen molar-refractivity contribution in [3.8, 4) is 11.5 Å². The minimum atomic E-state index is -0.586. The smallest absolute Gasteiger partial charge is 0.338 e. The Labute approximate surface area is 163 Å². The number of hydrogen-bond donors (Lipinski definition) is 1. The van der Waals surface area contributed by atoms with E-state index in [0.717, 1.165) is 4.88 Å². The minimum absolute atomic E-state index is 0.307. The molecule has 1 N–H and O–H groups in total. The molecule has 0 unspecified atom stereocenters. The minimum Gasteiger partial charge on any atom is -0.490 e. The number of hydrogen-bond acceptors (Lipinski definition) is 6. The van der Waals surface area contributed by atoms with Crippen LogP contribution in [0.1, 0.15) is 36.0 Å². The van der Waals surface area contributed by atoms with Crippen molar-refractivity contribution in [2.24, 2.45) is 5.92 Å². The van der Waals surface area contributed by atoms with E-state index in [1.54, 1.807) is 29.5 Å². The van der Waals surface area contributed by atoms with Gasteiger partial charge in [0.05, 0.1) is 25.3 Å². The van der Waals surface area contributed by atoms with Crippen LogP contribution in [0.25, 0.3) is 0 Å². The molecule has 0 aliphatic heterocycles. The molecule has 0 saturated carbocycles. The van der Waals surface area contributed by atoms with Crippen LogP contribution in [0.4, 0.5) is 0 Å². The Morgan fingerprint density at radius 3 is 2.63 bits per heavy atom. The van der Waals surface area contributed by atoms with Gasteiger partial charge in [-0.25, -0.2) is 4.79 Å². The molecule has 0 atom stereocenters. The fraction of sp³-hybridized carbons (Fsp3) is 0.400. The molecule has 6 nitrogen and oxygen atoms in total. The summed E-state index contributed by atoms with van der Waals surface area (Å²) in [4.78, 5) is 25.1. The average molecular weight is 391 g/mol. The molecule has 27 heavy (non-hydrogen) atoms. The van der Waals surface area contributed by atoms with Crippen LogP contribution in [0.3, 0.4) is 0 Å². The highest BCUT2D eigenvalue weighted by atomic mass is 32.1. The highest BCUT2D eigenvalue weighted by Gasteiger charge is 2.14. The van der Waals surface area contributed by atoms with Gasteiger partial charge in [0.25, 0.3) is 5.91 Å². The van der Waals surface area contributed by atoms with Crippen molar-refractivity contribution in [3.05, 3.63) is 46.2 Å². The van der Waals surface area contributed by atoms with Crippen molar-refractivity contribution in [2.75, 3.05) is 19.8 Å². The molecule has 146 valence electrons. The summed E-state index contributed by atoms with van der Waals surface area (Å²) in [5.74, 6) is 0.499. The Morgan fingerprint density at radius 2 is 1.96 bits per heavy atom. The Hall–Kier alpha value is -2.54. The number of benzene rings is 1. The van der Waals surface area contributed by atoms with Gasteiger partial charge < -0.3 is 19.5 Å². The van der Waals surface area contributed by atoms with Crippen LogP contribution in [-0.4, -0.2) is 31.7 Å². The Kier molecular flexibility index (Phi) is 8.13. The first-order valence-corrected chi connectivity index (χ1v) is 9.73. The average Bonchev–Trinajstić information content (AvgIpc) is 3.17. The lowest BCUT2D eigenvalue weighted by molar-refractivity contribution is -0.124. The Bertz CT molecular complexity index is 743. The molecule has 1 amide bonds. The quantitative estimate of drug-likeness (QED) is 0.626. The fourth-order valence-electron chi connectivity index (χ4n) is 2.14. The number of thiophene rings is 1. The molecule has 1 aromatic heterocycles. The van der Waals surface area contributed by atoms with Gasteiger partial charge in [0.15, 0.2) is 18.1 Å². The van der Waals surface area contributed by atoms with Crippen molar-refractivity contribution in [2.45, 2.75) is 27.3 Å².